The van der Waals surface area contributed by atoms with Crippen molar-refractivity contribution in [1.82, 2.24) is 0 Å². The Morgan fingerprint density at radius 2 is 0.979 bits per heavy atom. The summed E-state index contributed by atoms with van der Waals surface area (Å²) in [7, 11) is 0. The second-order valence-electron chi connectivity index (χ2n) is 12.1. The number of furan rings is 2. The molecule has 0 spiro atoms. The van der Waals surface area contributed by atoms with Gasteiger partial charge in [0, 0.05) is 49.3 Å². The number of fused-ring (bicyclic) bond motifs is 10. The number of para-hydroxylation sites is 3. The molecule has 2 heterocycles. The minimum Gasteiger partial charge on any atom is -0.455 e. The molecule has 220 valence electrons. The molecule has 47 heavy (non-hydrogen) atoms. The summed E-state index contributed by atoms with van der Waals surface area (Å²) in [4.78, 5) is 2.34. The molecular formula is C44H27NO2. The van der Waals surface area contributed by atoms with Gasteiger partial charge >= 0.3 is 0 Å². The molecule has 0 radical (unpaired) electrons. The van der Waals surface area contributed by atoms with E-state index in [1.54, 1.807) is 0 Å². The Labute approximate surface area is 270 Å². The molecule has 0 saturated carbocycles. The predicted molar refractivity (Wildman–Crippen MR) is 196 cm³/mol. The van der Waals surface area contributed by atoms with Gasteiger partial charge in [-0.25, -0.2) is 0 Å². The molecule has 0 saturated heterocycles. The summed E-state index contributed by atoms with van der Waals surface area (Å²) >= 11 is 0. The first-order valence-corrected chi connectivity index (χ1v) is 15.9. The lowest BCUT2D eigenvalue weighted by Gasteiger charge is -2.28. The Hall–Kier alpha value is -6.32. The van der Waals surface area contributed by atoms with Gasteiger partial charge in [0.2, 0.25) is 0 Å². The summed E-state index contributed by atoms with van der Waals surface area (Å²) in [5.74, 6) is 0. The van der Waals surface area contributed by atoms with Crippen LogP contribution in [0.15, 0.2) is 173 Å². The fourth-order valence-corrected chi connectivity index (χ4v) is 7.23. The van der Waals surface area contributed by atoms with Gasteiger partial charge in [0.1, 0.15) is 22.3 Å². The van der Waals surface area contributed by atoms with Crippen LogP contribution in [0.25, 0.3) is 76.5 Å². The summed E-state index contributed by atoms with van der Waals surface area (Å²) in [5, 5.41) is 9.09. The molecular weight excluding hydrogens is 574 g/mol. The van der Waals surface area contributed by atoms with Crippen molar-refractivity contribution < 1.29 is 8.83 Å². The third-order valence-corrected chi connectivity index (χ3v) is 9.44. The van der Waals surface area contributed by atoms with Gasteiger partial charge < -0.3 is 13.7 Å². The van der Waals surface area contributed by atoms with Crippen LogP contribution in [-0.4, -0.2) is 0 Å². The fraction of sp³-hybridized carbons (Fsp3) is 0. The van der Waals surface area contributed by atoms with Crippen molar-refractivity contribution in [2.75, 3.05) is 4.90 Å². The van der Waals surface area contributed by atoms with Gasteiger partial charge in [0.25, 0.3) is 0 Å². The number of hydrogen-bond donors (Lipinski definition) is 0. The van der Waals surface area contributed by atoms with Crippen LogP contribution in [0.5, 0.6) is 0 Å². The van der Waals surface area contributed by atoms with E-state index in [0.717, 1.165) is 88.2 Å². The van der Waals surface area contributed by atoms with Crippen molar-refractivity contribution in [3.63, 3.8) is 0 Å². The predicted octanol–water partition coefficient (Wildman–Crippen LogP) is 12.9. The zero-order valence-electron chi connectivity index (χ0n) is 25.4. The van der Waals surface area contributed by atoms with Crippen molar-refractivity contribution in [1.29, 1.82) is 0 Å². The smallest absolute Gasteiger partial charge is 0.143 e. The molecule has 0 fully saturated rings. The number of hydrogen-bond acceptors (Lipinski definition) is 3. The monoisotopic (exact) mass is 601 g/mol. The van der Waals surface area contributed by atoms with Crippen LogP contribution in [0.1, 0.15) is 0 Å². The van der Waals surface area contributed by atoms with Crippen LogP contribution >= 0.6 is 0 Å². The summed E-state index contributed by atoms with van der Waals surface area (Å²) in [6.07, 6.45) is 0. The highest BCUT2D eigenvalue weighted by Crippen LogP contribution is 2.44. The average Bonchev–Trinajstić information content (AvgIpc) is 3.71. The van der Waals surface area contributed by atoms with Crippen molar-refractivity contribution in [3.8, 4) is 11.1 Å². The molecule has 0 N–H and O–H groups in total. The number of nitrogens with zero attached hydrogens (tertiary/aromatic N) is 1. The quantitative estimate of drug-likeness (QED) is 0.201. The van der Waals surface area contributed by atoms with E-state index in [1.165, 1.54) is 5.39 Å². The van der Waals surface area contributed by atoms with Crippen LogP contribution in [0.2, 0.25) is 0 Å². The highest BCUT2D eigenvalue weighted by molar-refractivity contribution is 6.16. The average molecular weight is 602 g/mol. The van der Waals surface area contributed by atoms with E-state index in [0.29, 0.717) is 0 Å². The lowest BCUT2D eigenvalue weighted by atomic mass is 9.99. The van der Waals surface area contributed by atoms with Gasteiger partial charge in [0.05, 0.1) is 5.69 Å². The standard InChI is InChI=1S/C44H27NO2/c1-2-11-31(12-3-1)45(32-21-25-35-29(26-32)20-24-38-36-15-7-9-17-41(36)46-44(35)38)40-16-8-6-13-33(40)30-19-22-37-39-23-18-28-10-4-5-14-34(28)43(39)47-42(37)27-30/h1-27H. The largest absolute Gasteiger partial charge is 0.455 e. The van der Waals surface area contributed by atoms with E-state index in [-0.39, 0.29) is 0 Å². The van der Waals surface area contributed by atoms with Crippen LogP contribution in [-0.2, 0) is 0 Å². The Morgan fingerprint density at radius 1 is 0.362 bits per heavy atom. The van der Waals surface area contributed by atoms with Crippen molar-refractivity contribution >= 4 is 82.5 Å². The van der Waals surface area contributed by atoms with E-state index < -0.39 is 0 Å². The fourth-order valence-electron chi connectivity index (χ4n) is 7.23. The lowest BCUT2D eigenvalue weighted by molar-refractivity contribution is 0.672. The van der Waals surface area contributed by atoms with Crippen LogP contribution in [0, 0.1) is 0 Å². The first-order valence-electron chi connectivity index (χ1n) is 15.9. The summed E-state index contributed by atoms with van der Waals surface area (Å²) < 4.78 is 13.0. The van der Waals surface area contributed by atoms with E-state index in [1.807, 2.05) is 12.1 Å². The second-order valence-corrected chi connectivity index (χ2v) is 12.1. The van der Waals surface area contributed by atoms with Gasteiger partial charge in [-0.2, -0.15) is 0 Å². The molecule has 3 nitrogen and oxygen atoms in total. The molecule has 0 aliphatic rings. The minimum absolute atomic E-state index is 0.885. The summed E-state index contributed by atoms with van der Waals surface area (Å²) in [6.45, 7) is 0. The van der Waals surface area contributed by atoms with Gasteiger partial charge in [-0.05, 0) is 83.1 Å². The molecule has 0 aliphatic heterocycles. The highest BCUT2D eigenvalue weighted by atomic mass is 16.3. The molecule has 10 aromatic rings. The SMILES string of the molecule is c1ccc(N(c2ccc3c(ccc4c5ccccc5oc34)c2)c2ccccc2-c2ccc3c(c2)oc2c4ccccc4ccc32)cc1. The zero-order chi connectivity index (χ0) is 30.9. The number of benzene rings is 8. The minimum atomic E-state index is 0.885. The first-order chi connectivity index (χ1) is 23.3. The lowest BCUT2D eigenvalue weighted by Crippen LogP contribution is -2.11. The van der Waals surface area contributed by atoms with E-state index in [9.17, 15) is 0 Å². The van der Waals surface area contributed by atoms with Crippen molar-refractivity contribution in [2.24, 2.45) is 0 Å². The summed E-state index contributed by atoms with van der Waals surface area (Å²) in [6, 6.07) is 57.8. The van der Waals surface area contributed by atoms with Crippen molar-refractivity contribution in [2.45, 2.75) is 0 Å². The molecule has 8 aromatic carbocycles. The maximum Gasteiger partial charge on any atom is 0.143 e. The number of rotatable bonds is 4. The van der Waals surface area contributed by atoms with Gasteiger partial charge in [-0.3, -0.25) is 0 Å². The Bertz CT molecular complexity index is 2810. The second kappa shape index (κ2) is 10.1. The molecule has 2 aromatic heterocycles. The number of anilines is 3. The van der Waals surface area contributed by atoms with E-state index in [2.05, 4.69) is 157 Å². The molecule has 0 unspecified atom stereocenters. The Kier molecular flexibility index (Phi) is 5.57. The third-order valence-electron chi connectivity index (χ3n) is 9.44. The van der Waals surface area contributed by atoms with Crippen LogP contribution in [0.4, 0.5) is 17.1 Å². The first kappa shape index (κ1) is 26.0. The highest BCUT2D eigenvalue weighted by Gasteiger charge is 2.19. The van der Waals surface area contributed by atoms with Gasteiger partial charge in [-0.15, -0.1) is 0 Å². The third kappa shape index (κ3) is 4.00. The topological polar surface area (TPSA) is 29.5 Å². The Morgan fingerprint density at radius 3 is 1.85 bits per heavy atom. The maximum atomic E-state index is 6.58. The van der Waals surface area contributed by atoms with Crippen LogP contribution in [0.3, 0.4) is 0 Å². The van der Waals surface area contributed by atoms with Gasteiger partial charge in [0.15, 0.2) is 0 Å². The maximum absolute atomic E-state index is 6.58. The van der Waals surface area contributed by atoms with Crippen LogP contribution < -0.4 is 4.90 Å². The Balaban J connectivity index is 1.15. The molecule has 0 aliphatic carbocycles. The van der Waals surface area contributed by atoms with E-state index in [4.69, 9.17) is 8.83 Å². The summed E-state index contributed by atoms with van der Waals surface area (Å²) in [5.41, 5.74) is 9.12. The zero-order valence-corrected chi connectivity index (χ0v) is 25.4. The molecule has 10 rings (SSSR count). The normalized spacial score (nSPS) is 11.8. The molecule has 3 heteroatoms. The molecule has 0 atom stereocenters. The molecule has 0 amide bonds. The van der Waals surface area contributed by atoms with Crippen molar-refractivity contribution in [3.05, 3.63) is 164 Å². The van der Waals surface area contributed by atoms with E-state index >= 15 is 0 Å². The molecule has 0 bridgehead atoms. The van der Waals surface area contributed by atoms with Gasteiger partial charge in [-0.1, -0.05) is 97.1 Å².